The highest BCUT2D eigenvalue weighted by Gasteiger charge is 2.16. The third kappa shape index (κ3) is 2.87. The van der Waals surface area contributed by atoms with Crippen LogP contribution in [-0.2, 0) is 10.0 Å². The van der Waals surface area contributed by atoms with Crippen molar-refractivity contribution in [1.82, 2.24) is 4.72 Å². The molecule has 17 heavy (non-hydrogen) atoms. The maximum atomic E-state index is 11.6. The van der Waals surface area contributed by atoms with Crippen molar-refractivity contribution in [3.63, 3.8) is 0 Å². The van der Waals surface area contributed by atoms with Crippen LogP contribution in [0.15, 0.2) is 29.2 Å². The number of rotatable bonds is 3. The van der Waals surface area contributed by atoms with Crippen molar-refractivity contribution in [3.8, 4) is 0 Å². The van der Waals surface area contributed by atoms with E-state index >= 15 is 0 Å². The van der Waals surface area contributed by atoms with Gasteiger partial charge in [-0.15, -0.1) is 0 Å². The molecule has 0 atom stereocenters. The average Bonchev–Trinajstić information content (AvgIpc) is 2.40. The molecule has 0 amide bonds. The lowest BCUT2D eigenvalue weighted by Crippen LogP contribution is -2.18. The summed E-state index contributed by atoms with van der Waals surface area (Å²) in [5.41, 5.74) is 1.28. The SMILES string of the molecule is CNS(=O)(=O)c1ccc(C2CCCCC2)cc1. The number of benzene rings is 1. The van der Waals surface area contributed by atoms with E-state index in [0.717, 1.165) is 0 Å². The summed E-state index contributed by atoms with van der Waals surface area (Å²) < 4.78 is 25.5. The second kappa shape index (κ2) is 5.19. The summed E-state index contributed by atoms with van der Waals surface area (Å²) in [6.07, 6.45) is 6.39. The van der Waals surface area contributed by atoms with Gasteiger partial charge in [0.05, 0.1) is 4.90 Å². The molecule has 1 aromatic carbocycles. The predicted octanol–water partition coefficient (Wildman–Crippen LogP) is 2.64. The highest BCUT2D eigenvalue weighted by molar-refractivity contribution is 7.89. The van der Waals surface area contributed by atoms with E-state index in [1.807, 2.05) is 12.1 Å². The largest absolute Gasteiger partial charge is 0.240 e. The van der Waals surface area contributed by atoms with Gasteiger partial charge in [0.2, 0.25) is 10.0 Å². The van der Waals surface area contributed by atoms with Gasteiger partial charge >= 0.3 is 0 Å². The quantitative estimate of drug-likeness (QED) is 0.900. The van der Waals surface area contributed by atoms with Crippen LogP contribution in [0, 0.1) is 0 Å². The van der Waals surface area contributed by atoms with E-state index in [1.54, 1.807) is 12.1 Å². The van der Waals surface area contributed by atoms with Crippen molar-refractivity contribution in [2.24, 2.45) is 0 Å². The zero-order valence-electron chi connectivity index (χ0n) is 10.1. The van der Waals surface area contributed by atoms with Gasteiger partial charge in [-0.2, -0.15) is 0 Å². The smallest absolute Gasteiger partial charge is 0.214 e. The Morgan fingerprint density at radius 1 is 1.06 bits per heavy atom. The van der Waals surface area contributed by atoms with Crippen LogP contribution in [0.25, 0.3) is 0 Å². The van der Waals surface area contributed by atoms with Crippen LogP contribution < -0.4 is 4.72 Å². The summed E-state index contributed by atoms with van der Waals surface area (Å²) in [6, 6.07) is 7.33. The van der Waals surface area contributed by atoms with Gasteiger partial charge in [-0.25, -0.2) is 13.1 Å². The fourth-order valence-electron chi connectivity index (χ4n) is 2.47. The van der Waals surface area contributed by atoms with Crippen molar-refractivity contribution in [2.75, 3.05) is 7.05 Å². The predicted molar refractivity (Wildman–Crippen MR) is 68.5 cm³/mol. The number of sulfonamides is 1. The summed E-state index contributed by atoms with van der Waals surface area (Å²) in [6.45, 7) is 0. The Morgan fingerprint density at radius 2 is 1.65 bits per heavy atom. The molecule has 4 heteroatoms. The monoisotopic (exact) mass is 253 g/mol. The molecule has 3 nitrogen and oxygen atoms in total. The molecule has 1 aliphatic rings. The molecule has 1 N–H and O–H groups in total. The summed E-state index contributed by atoms with van der Waals surface area (Å²) in [7, 11) is -1.86. The van der Waals surface area contributed by atoms with Gasteiger partial charge in [-0.1, -0.05) is 31.4 Å². The minimum Gasteiger partial charge on any atom is -0.214 e. The van der Waals surface area contributed by atoms with E-state index in [0.29, 0.717) is 10.8 Å². The zero-order chi connectivity index (χ0) is 12.3. The molecule has 0 aromatic heterocycles. The normalized spacial score (nSPS) is 18.2. The average molecular weight is 253 g/mol. The molecule has 0 unspecified atom stereocenters. The zero-order valence-corrected chi connectivity index (χ0v) is 11.0. The second-order valence-electron chi connectivity index (χ2n) is 4.61. The minimum atomic E-state index is -3.30. The van der Waals surface area contributed by atoms with E-state index in [9.17, 15) is 8.42 Å². The van der Waals surface area contributed by atoms with Gasteiger partial charge in [-0.05, 0) is 43.5 Å². The van der Waals surface area contributed by atoms with Crippen LogP contribution in [0.1, 0.15) is 43.6 Å². The van der Waals surface area contributed by atoms with Crippen LogP contribution in [0.2, 0.25) is 0 Å². The molecule has 94 valence electrons. The fraction of sp³-hybridized carbons (Fsp3) is 0.538. The summed E-state index contributed by atoms with van der Waals surface area (Å²) in [4.78, 5) is 0.347. The molecule has 0 bridgehead atoms. The lowest BCUT2D eigenvalue weighted by molar-refractivity contribution is 0.443. The second-order valence-corrected chi connectivity index (χ2v) is 6.50. The first kappa shape index (κ1) is 12.6. The van der Waals surface area contributed by atoms with Gasteiger partial charge < -0.3 is 0 Å². The Balaban J connectivity index is 2.18. The molecule has 1 saturated carbocycles. The first-order chi connectivity index (χ1) is 8.13. The van der Waals surface area contributed by atoms with Gasteiger partial charge in [-0.3, -0.25) is 0 Å². The summed E-state index contributed by atoms with van der Waals surface area (Å²) in [5.74, 6) is 0.620. The summed E-state index contributed by atoms with van der Waals surface area (Å²) in [5, 5.41) is 0. The molecule has 1 aromatic rings. The highest BCUT2D eigenvalue weighted by Crippen LogP contribution is 2.32. The molecule has 0 radical (unpaired) electrons. The first-order valence-corrected chi connectivity index (χ1v) is 7.65. The van der Waals surface area contributed by atoms with Gasteiger partial charge in [0.15, 0.2) is 0 Å². The third-order valence-electron chi connectivity index (χ3n) is 3.54. The lowest BCUT2D eigenvalue weighted by Gasteiger charge is -2.22. The van der Waals surface area contributed by atoms with E-state index in [4.69, 9.17) is 0 Å². The topological polar surface area (TPSA) is 46.2 Å². The van der Waals surface area contributed by atoms with Crippen LogP contribution >= 0.6 is 0 Å². The molecule has 1 fully saturated rings. The molecule has 0 saturated heterocycles. The van der Waals surface area contributed by atoms with E-state index in [2.05, 4.69) is 4.72 Å². The number of hydrogen-bond acceptors (Lipinski definition) is 2. The maximum Gasteiger partial charge on any atom is 0.240 e. The molecule has 0 heterocycles. The minimum absolute atomic E-state index is 0.347. The highest BCUT2D eigenvalue weighted by atomic mass is 32.2. The third-order valence-corrected chi connectivity index (χ3v) is 4.97. The van der Waals surface area contributed by atoms with Crippen LogP contribution in [-0.4, -0.2) is 15.5 Å². The molecular weight excluding hydrogens is 234 g/mol. The van der Waals surface area contributed by atoms with Crippen LogP contribution in [0.4, 0.5) is 0 Å². The van der Waals surface area contributed by atoms with Crippen molar-refractivity contribution < 1.29 is 8.42 Å². The molecule has 0 aliphatic heterocycles. The number of hydrogen-bond donors (Lipinski definition) is 1. The maximum absolute atomic E-state index is 11.6. The fourth-order valence-corrected chi connectivity index (χ4v) is 3.20. The van der Waals surface area contributed by atoms with Crippen LogP contribution in [0.3, 0.4) is 0 Å². The first-order valence-electron chi connectivity index (χ1n) is 6.17. The van der Waals surface area contributed by atoms with E-state index < -0.39 is 10.0 Å². The Labute approximate surface area is 103 Å². The molecule has 1 aliphatic carbocycles. The molecular formula is C13H19NO2S. The summed E-state index contributed by atoms with van der Waals surface area (Å²) >= 11 is 0. The van der Waals surface area contributed by atoms with Crippen LogP contribution in [0.5, 0.6) is 0 Å². The van der Waals surface area contributed by atoms with Gasteiger partial charge in [0.25, 0.3) is 0 Å². The molecule has 0 spiro atoms. The lowest BCUT2D eigenvalue weighted by atomic mass is 9.84. The van der Waals surface area contributed by atoms with Gasteiger partial charge in [0, 0.05) is 0 Å². The molecule has 2 rings (SSSR count). The Morgan fingerprint density at radius 3 is 2.18 bits per heavy atom. The van der Waals surface area contributed by atoms with Crippen molar-refractivity contribution >= 4 is 10.0 Å². The number of nitrogens with one attached hydrogen (secondary N) is 1. The Kier molecular flexibility index (Phi) is 3.84. The van der Waals surface area contributed by atoms with Crippen molar-refractivity contribution in [1.29, 1.82) is 0 Å². The Bertz CT molecular complexity index is 459. The Hall–Kier alpha value is -0.870. The van der Waals surface area contributed by atoms with Crippen molar-refractivity contribution in [2.45, 2.75) is 42.9 Å². The standard InChI is InChI=1S/C13H19NO2S/c1-14-17(15,16)13-9-7-12(8-10-13)11-5-3-2-4-6-11/h7-11,14H,2-6H2,1H3. The van der Waals surface area contributed by atoms with E-state index in [-0.39, 0.29) is 0 Å². The van der Waals surface area contributed by atoms with Gasteiger partial charge in [0.1, 0.15) is 0 Å². The van der Waals surface area contributed by atoms with Crippen molar-refractivity contribution in [3.05, 3.63) is 29.8 Å². The van der Waals surface area contributed by atoms with E-state index in [1.165, 1.54) is 44.7 Å².